The third-order valence-corrected chi connectivity index (χ3v) is 2.88. The summed E-state index contributed by atoms with van der Waals surface area (Å²) in [5.74, 6) is 0.728. The van der Waals surface area contributed by atoms with Gasteiger partial charge in [0, 0.05) is 32.9 Å². The van der Waals surface area contributed by atoms with Crippen LogP contribution in [0.3, 0.4) is 0 Å². The van der Waals surface area contributed by atoms with Crippen LogP contribution >= 0.6 is 0 Å². The maximum Gasteiger partial charge on any atom is 0.258 e. The van der Waals surface area contributed by atoms with E-state index in [0.717, 1.165) is 11.5 Å². The molecule has 0 atom stereocenters. The van der Waals surface area contributed by atoms with E-state index in [1.165, 1.54) is 0 Å². The number of pyridine rings is 1. The third kappa shape index (κ3) is 2.73. The molecule has 1 aromatic heterocycles. The summed E-state index contributed by atoms with van der Waals surface area (Å²) in [6.45, 7) is 0. The lowest BCUT2D eigenvalue weighted by Gasteiger charge is -2.23. The van der Waals surface area contributed by atoms with E-state index in [2.05, 4.69) is 4.98 Å². The highest BCUT2D eigenvalue weighted by Crippen LogP contribution is 2.25. The minimum absolute atomic E-state index is 0.0447. The lowest BCUT2D eigenvalue weighted by molar-refractivity contribution is 0.0993. The van der Waals surface area contributed by atoms with E-state index in [0.29, 0.717) is 5.56 Å². The first-order chi connectivity index (χ1) is 9.11. The Morgan fingerprint density at radius 2 is 1.68 bits per heavy atom. The Morgan fingerprint density at radius 3 is 2.32 bits per heavy atom. The standard InChI is InChI=1S/C15H17N3O/c1-17(2)14-13(10-7-11-16-14)18(3)15(19)12-8-5-4-6-9-12/h4-11H,1-3H3. The average molecular weight is 255 g/mol. The molecular weight excluding hydrogens is 238 g/mol. The number of hydrogen-bond donors (Lipinski definition) is 0. The molecule has 0 aliphatic carbocycles. The molecule has 19 heavy (non-hydrogen) atoms. The van der Waals surface area contributed by atoms with Gasteiger partial charge in [-0.1, -0.05) is 18.2 Å². The summed E-state index contributed by atoms with van der Waals surface area (Å²) < 4.78 is 0. The fourth-order valence-corrected chi connectivity index (χ4v) is 1.88. The summed E-state index contributed by atoms with van der Waals surface area (Å²) in [6.07, 6.45) is 1.72. The Hall–Kier alpha value is -2.36. The van der Waals surface area contributed by atoms with Gasteiger partial charge in [-0.3, -0.25) is 4.79 Å². The van der Waals surface area contributed by atoms with Crippen molar-refractivity contribution in [2.75, 3.05) is 30.9 Å². The molecule has 1 heterocycles. The number of aromatic nitrogens is 1. The highest BCUT2D eigenvalue weighted by molar-refractivity contribution is 6.07. The van der Waals surface area contributed by atoms with Crippen molar-refractivity contribution in [1.29, 1.82) is 0 Å². The van der Waals surface area contributed by atoms with E-state index in [1.807, 2.05) is 61.5 Å². The number of benzene rings is 1. The van der Waals surface area contributed by atoms with E-state index < -0.39 is 0 Å². The molecule has 98 valence electrons. The van der Waals surface area contributed by atoms with Crippen LogP contribution in [0.5, 0.6) is 0 Å². The predicted octanol–water partition coefficient (Wildman–Crippen LogP) is 2.42. The van der Waals surface area contributed by atoms with Crippen LogP contribution in [0.4, 0.5) is 11.5 Å². The van der Waals surface area contributed by atoms with Gasteiger partial charge in [-0.2, -0.15) is 0 Å². The molecule has 0 spiro atoms. The van der Waals surface area contributed by atoms with E-state index in [1.54, 1.807) is 18.1 Å². The summed E-state index contributed by atoms with van der Waals surface area (Å²) in [6, 6.07) is 13.0. The molecule has 0 unspecified atom stereocenters. The van der Waals surface area contributed by atoms with Crippen molar-refractivity contribution in [3.05, 3.63) is 54.2 Å². The Balaban J connectivity index is 2.35. The van der Waals surface area contributed by atoms with Crippen LogP contribution in [0, 0.1) is 0 Å². The van der Waals surface area contributed by atoms with Gasteiger partial charge in [0.25, 0.3) is 5.91 Å². The molecule has 1 amide bonds. The molecule has 0 fully saturated rings. The molecule has 1 aromatic carbocycles. The molecule has 4 nitrogen and oxygen atoms in total. The van der Waals surface area contributed by atoms with E-state index >= 15 is 0 Å². The lowest BCUT2D eigenvalue weighted by Crippen LogP contribution is -2.28. The molecule has 0 aliphatic heterocycles. The van der Waals surface area contributed by atoms with Crippen molar-refractivity contribution in [3.8, 4) is 0 Å². The molecule has 0 bridgehead atoms. The zero-order valence-corrected chi connectivity index (χ0v) is 11.4. The second kappa shape index (κ2) is 5.52. The van der Waals surface area contributed by atoms with Crippen LogP contribution in [-0.2, 0) is 0 Å². The largest absolute Gasteiger partial charge is 0.361 e. The Morgan fingerprint density at radius 1 is 1.00 bits per heavy atom. The molecule has 0 radical (unpaired) electrons. The highest BCUT2D eigenvalue weighted by Gasteiger charge is 2.17. The van der Waals surface area contributed by atoms with Crippen molar-refractivity contribution in [2.24, 2.45) is 0 Å². The fourth-order valence-electron chi connectivity index (χ4n) is 1.88. The van der Waals surface area contributed by atoms with Crippen LogP contribution in [0.1, 0.15) is 10.4 Å². The molecular formula is C15H17N3O. The van der Waals surface area contributed by atoms with Gasteiger partial charge in [0.15, 0.2) is 5.82 Å². The van der Waals surface area contributed by atoms with E-state index in [-0.39, 0.29) is 5.91 Å². The zero-order chi connectivity index (χ0) is 13.8. The summed E-state index contributed by atoms with van der Waals surface area (Å²) in [7, 11) is 5.58. The van der Waals surface area contributed by atoms with Crippen LogP contribution in [0.25, 0.3) is 0 Å². The van der Waals surface area contributed by atoms with Gasteiger partial charge >= 0.3 is 0 Å². The number of hydrogen-bond acceptors (Lipinski definition) is 3. The topological polar surface area (TPSA) is 36.4 Å². The minimum atomic E-state index is -0.0447. The van der Waals surface area contributed by atoms with E-state index in [4.69, 9.17) is 0 Å². The van der Waals surface area contributed by atoms with Gasteiger partial charge in [-0.05, 0) is 24.3 Å². The summed E-state index contributed by atoms with van der Waals surface area (Å²) in [5.41, 5.74) is 1.46. The SMILES string of the molecule is CN(C)c1ncccc1N(C)C(=O)c1ccccc1. The first-order valence-corrected chi connectivity index (χ1v) is 6.06. The lowest BCUT2D eigenvalue weighted by atomic mass is 10.2. The number of carbonyl (C=O) groups is 1. The van der Waals surface area contributed by atoms with Gasteiger partial charge in [0.05, 0.1) is 5.69 Å². The summed E-state index contributed by atoms with van der Waals surface area (Å²) >= 11 is 0. The number of rotatable bonds is 3. The van der Waals surface area contributed by atoms with Crippen molar-refractivity contribution < 1.29 is 4.79 Å². The second-order valence-corrected chi connectivity index (χ2v) is 4.47. The number of amides is 1. The second-order valence-electron chi connectivity index (χ2n) is 4.47. The van der Waals surface area contributed by atoms with Gasteiger partial charge < -0.3 is 9.80 Å². The monoisotopic (exact) mass is 255 g/mol. The zero-order valence-electron chi connectivity index (χ0n) is 11.4. The molecule has 0 saturated carbocycles. The number of anilines is 2. The van der Waals surface area contributed by atoms with Gasteiger partial charge in [-0.15, -0.1) is 0 Å². The average Bonchev–Trinajstić information content (AvgIpc) is 2.46. The quantitative estimate of drug-likeness (QED) is 0.845. The van der Waals surface area contributed by atoms with Crippen LogP contribution in [0.2, 0.25) is 0 Å². The summed E-state index contributed by atoms with van der Waals surface area (Å²) in [5, 5.41) is 0. The van der Waals surface area contributed by atoms with Crippen molar-refractivity contribution in [2.45, 2.75) is 0 Å². The van der Waals surface area contributed by atoms with Crippen molar-refractivity contribution in [1.82, 2.24) is 4.98 Å². The van der Waals surface area contributed by atoms with E-state index in [9.17, 15) is 4.79 Å². The minimum Gasteiger partial charge on any atom is -0.361 e. The molecule has 2 rings (SSSR count). The molecule has 4 heteroatoms. The predicted molar refractivity (Wildman–Crippen MR) is 77.7 cm³/mol. The van der Waals surface area contributed by atoms with Gasteiger partial charge in [0.2, 0.25) is 0 Å². The Kier molecular flexibility index (Phi) is 3.80. The Labute approximate surface area is 113 Å². The number of carbonyl (C=O) groups excluding carboxylic acids is 1. The maximum atomic E-state index is 12.4. The van der Waals surface area contributed by atoms with Gasteiger partial charge in [0.1, 0.15) is 0 Å². The van der Waals surface area contributed by atoms with Crippen LogP contribution in [0.15, 0.2) is 48.7 Å². The Bertz CT molecular complexity index is 567. The first kappa shape index (κ1) is 13.1. The summed E-state index contributed by atoms with van der Waals surface area (Å²) in [4.78, 5) is 20.2. The highest BCUT2D eigenvalue weighted by atomic mass is 16.2. The fraction of sp³-hybridized carbons (Fsp3) is 0.200. The van der Waals surface area contributed by atoms with Crippen LogP contribution in [-0.4, -0.2) is 32.0 Å². The normalized spacial score (nSPS) is 10.1. The molecule has 0 N–H and O–H groups in total. The van der Waals surface area contributed by atoms with Crippen molar-refractivity contribution >= 4 is 17.4 Å². The molecule has 2 aromatic rings. The maximum absolute atomic E-state index is 12.4. The molecule has 0 saturated heterocycles. The van der Waals surface area contributed by atoms with Crippen molar-refractivity contribution in [3.63, 3.8) is 0 Å². The smallest absolute Gasteiger partial charge is 0.258 e. The van der Waals surface area contributed by atoms with Crippen LogP contribution < -0.4 is 9.80 Å². The number of nitrogens with zero attached hydrogens (tertiary/aromatic N) is 3. The third-order valence-electron chi connectivity index (χ3n) is 2.88. The molecule has 0 aliphatic rings. The van der Waals surface area contributed by atoms with Gasteiger partial charge in [-0.25, -0.2) is 4.98 Å². The first-order valence-electron chi connectivity index (χ1n) is 6.06.